The molecule has 0 bridgehead atoms. The van der Waals surface area contributed by atoms with Crippen LogP contribution in [0.15, 0.2) is 15.1 Å². The minimum Gasteiger partial charge on any atom is -0.358 e. The molecule has 0 aliphatic carbocycles. The summed E-state index contributed by atoms with van der Waals surface area (Å²) in [6.07, 6.45) is 1.32. The number of halogens is 5. The minimum atomic E-state index is -0.759. The van der Waals surface area contributed by atoms with Crippen LogP contribution in [0.5, 0.6) is 0 Å². The van der Waals surface area contributed by atoms with E-state index in [1.807, 2.05) is 6.07 Å². The molecule has 0 saturated heterocycles. The van der Waals surface area contributed by atoms with Crippen molar-refractivity contribution in [2.45, 2.75) is 0 Å². The molecule has 0 spiro atoms. The highest BCUT2D eigenvalue weighted by atomic mass is 79.9. The third kappa shape index (κ3) is 3.18. The number of nitriles is 1. The summed E-state index contributed by atoms with van der Waals surface area (Å²) in [4.78, 5) is 0. The van der Waals surface area contributed by atoms with Crippen LogP contribution >= 0.6 is 55.1 Å². The van der Waals surface area contributed by atoms with Crippen LogP contribution in [0, 0.1) is 17.1 Å². The van der Waals surface area contributed by atoms with Gasteiger partial charge in [-0.1, -0.05) is 23.2 Å². The van der Waals surface area contributed by atoms with Crippen molar-refractivity contribution in [3.8, 4) is 6.07 Å². The van der Waals surface area contributed by atoms with Gasteiger partial charge in [0.05, 0.1) is 24.7 Å². The van der Waals surface area contributed by atoms with Gasteiger partial charge in [-0.2, -0.15) is 10.5 Å². The molecule has 0 aliphatic rings. The maximum atomic E-state index is 13.7. The van der Waals surface area contributed by atoms with Gasteiger partial charge in [0.1, 0.15) is 11.6 Å². The second kappa shape index (κ2) is 6.70. The molecule has 21 heavy (non-hydrogen) atoms. The first kappa shape index (κ1) is 16.2. The van der Waals surface area contributed by atoms with Crippen LogP contribution in [0.3, 0.4) is 0 Å². The summed E-state index contributed by atoms with van der Waals surface area (Å²) in [5, 5.41) is 24.4. The van der Waals surface area contributed by atoms with Gasteiger partial charge in [-0.15, -0.1) is 10.2 Å². The fraction of sp³-hybridized carbons (Fsp3) is 0. The lowest BCUT2D eigenvalue weighted by Gasteiger charge is -2.12. The Balaban J connectivity index is 2.44. The standard InChI is InChI=1S/C10H3Br2Cl2FN6/c11-4-6(13)8(15)7(14)5(12)9(4)17-2-3(1-16)10-18-20-21-19-10/h2,17H,(H,18,19,20,21). The zero-order valence-electron chi connectivity index (χ0n) is 9.76. The molecule has 0 radical (unpaired) electrons. The Morgan fingerprint density at radius 1 is 1.33 bits per heavy atom. The number of hydrogen-bond acceptors (Lipinski definition) is 5. The number of anilines is 1. The molecule has 1 aromatic carbocycles. The first-order valence-corrected chi connectivity index (χ1v) is 7.43. The van der Waals surface area contributed by atoms with Gasteiger partial charge in [0.15, 0.2) is 5.82 Å². The van der Waals surface area contributed by atoms with Gasteiger partial charge in [0.25, 0.3) is 0 Å². The third-order valence-corrected chi connectivity index (χ3v) is 5.03. The molecule has 0 saturated carbocycles. The summed E-state index contributed by atoms with van der Waals surface area (Å²) in [5.41, 5.74) is 0.460. The molecular formula is C10H3Br2Cl2FN6. The second-order valence-electron chi connectivity index (χ2n) is 3.49. The van der Waals surface area contributed by atoms with E-state index in [1.54, 1.807) is 0 Å². The Kier molecular flexibility index (Phi) is 5.16. The molecular weight excluding hydrogens is 454 g/mol. The number of aromatic amines is 1. The number of hydrogen-bond donors (Lipinski definition) is 2. The highest BCUT2D eigenvalue weighted by Gasteiger charge is 2.19. The van der Waals surface area contributed by atoms with E-state index < -0.39 is 5.82 Å². The lowest BCUT2D eigenvalue weighted by molar-refractivity contribution is 0.627. The van der Waals surface area contributed by atoms with Gasteiger partial charge in [0.2, 0.25) is 5.82 Å². The Hall–Kier alpha value is -1.21. The topological polar surface area (TPSA) is 90.3 Å². The summed E-state index contributed by atoms with van der Waals surface area (Å²) >= 11 is 17.9. The number of benzene rings is 1. The fourth-order valence-electron chi connectivity index (χ4n) is 1.30. The van der Waals surface area contributed by atoms with Crippen LogP contribution in [-0.4, -0.2) is 20.6 Å². The van der Waals surface area contributed by atoms with Gasteiger partial charge in [0, 0.05) is 6.20 Å². The average Bonchev–Trinajstić information content (AvgIpc) is 3.01. The normalized spacial score (nSPS) is 11.3. The van der Waals surface area contributed by atoms with Crippen molar-refractivity contribution >= 4 is 66.3 Å². The van der Waals surface area contributed by atoms with Crippen molar-refractivity contribution in [2.75, 3.05) is 5.32 Å². The summed E-state index contributed by atoms with van der Waals surface area (Å²) in [5.74, 6) is -0.651. The van der Waals surface area contributed by atoms with E-state index >= 15 is 0 Å². The molecule has 1 aromatic heterocycles. The number of rotatable bonds is 3. The van der Waals surface area contributed by atoms with Gasteiger partial charge >= 0.3 is 0 Å². The van der Waals surface area contributed by atoms with E-state index in [-0.39, 0.29) is 30.4 Å². The van der Waals surface area contributed by atoms with Crippen LogP contribution in [0.1, 0.15) is 5.82 Å². The zero-order chi connectivity index (χ0) is 15.6. The summed E-state index contributed by atoms with van der Waals surface area (Å²) in [7, 11) is 0. The third-order valence-electron chi connectivity index (χ3n) is 2.28. The zero-order valence-corrected chi connectivity index (χ0v) is 14.4. The molecule has 11 heteroatoms. The second-order valence-corrected chi connectivity index (χ2v) is 5.84. The lowest BCUT2D eigenvalue weighted by Crippen LogP contribution is -1.97. The predicted octanol–water partition coefficient (Wildman–Crippen LogP) is 4.15. The highest BCUT2D eigenvalue weighted by Crippen LogP contribution is 2.43. The number of H-pyrrole nitrogens is 1. The molecule has 2 aromatic rings. The predicted molar refractivity (Wildman–Crippen MR) is 83.2 cm³/mol. The largest absolute Gasteiger partial charge is 0.358 e. The van der Waals surface area contributed by atoms with Crippen LogP contribution in [0.4, 0.5) is 10.1 Å². The van der Waals surface area contributed by atoms with Gasteiger partial charge in [-0.25, -0.2) is 4.39 Å². The fourth-order valence-corrected chi connectivity index (χ4v) is 2.96. The van der Waals surface area contributed by atoms with Crippen molar-refractivity contribution in [1.82, 2.24) is 20.6 Å². The molecule has 0 aliphatic heterocycles. The number of nitrogens with zero attached hydrogens (tertiary/aromatic N) is 4. The summed E-state index contributed by atoms with van der Waals surface area (Å²) < 4.78 is 14.2. The van der Waals surface area contributed by atoms with Gasteiger partial charge in [-0.3, -0.25) is 0 Å². The maximum absolute atomic E-state index is 13.7. The summed E-state index contributed by atoms with van der Waals surface area (Å²) in [6.45, 7) is 0. The molecule has 0 amide bonds. The average molecular weight is 457 g/mol. The monoisotopic (exact) mass is 454 g/mol. The van der Waals surface area contributed by atoms with Crippen molar-refractivity contribution in [3.63, 3.8) is 0 Å². The maximum Gasteiger partial charge on any atom is 0.216 e. The minimum absolute atomic E-state index is 0.108. The number of tetrazole rings is 1. The van der Waals surface area contributed by atoms with Crippen molar-refractivity contribution < 1.29 is 4.39 Å². The van der Waals surface area contributed by atoms with Crippen LogP contribution < -0.4 is 5.32 Å². The molecule has 0 unspecified atom stereocenters. The molecule has 2 rings (SSSR count). The van der Waals surface area contributed by atoms with Crippen LogP contribution in [0.25, 0.3) is 5.57 Å². The molecule has 1 heterocycles. The SMILES string of the molecule is N#CC(=CNc1c(Br)c(Cl)c(F)c(Cl)c1Br)c1nn[nH]n1. The summed E-state index contributed by atoms with van der Waals surface area (Å²) in [6, 6.07) is 1.90. The van der Waals surface area contributed by atoms with E-state index in [0.717, 1.165) is 0 Å². The Bertz CT molecular complexity index is 727. The van der Waals surface area contributed by atoms with E-state index in [0.29, 0.717) is 5.69 Å². The smallest absolute Gasteiger partial charge is 0.216 e. The Morgan fingerprint density at radius 3 is 2.43 bits per heavy atom. The van der Waals surface area contributed by atoms with Gasteiger partial charge in [-0.05, 0) is 37.1 Å². The van der Waals surface area contributed by atoms with Crippen LogP contribution in [0.2, 0.25) is 10.0 Å². The quantitative estimate of drug-likeness (QED) is 0.411. The molecule has 2 N–H and O–H groups in total. The van der Waals surface area contributed by atoms with E-state index in [9.17, 15) is 4.39 Å². The van der Waals surface area contributed by atoms with Crippen LogP contribution in [-0.2, 0) is 0 Å². The lowest BCUT2D eigenvalue weighted by atomic mass is 10.2. The van der Waals surface area contributed by atoms with Crippen molar-refractivity contribution in [2.24, 2.45) is 0 Å². The highest BCUT2D eigenvalue weighted by molar-refractivity contribution is 9.11. The number of allylic oxidation sites excluding steroid dienone is 1. The van der Waals surface area contributed by atoms with E-state index in [4.69, 9.17) is 28.5 Å². The van der Waals surface area contributed by atoms with Crippen molar-refractivity contribution in [1.29, 1.82) is 5.26 Å². The first-order chi connectivity index (χ1) is 9.97. The molecule has 108 valence electrons. The number of aromatic nitrogens is 4. The molecule has 0 fully saturated rings. The molecule has 0 atom stereocenters. The van der Waals surface area contributed by atoms with Gasteiger partial charge < -0.3 is 5.32 Å². The van der Waals surface area contributed by atoms with E-state index in [1.165, 1.54) is 6.20 Å². The number of nitrogens with one attached hydrogen (secondary N) is 2. The Labute approximate surface area is 144 Å². The van der Waals surface area contributed by atoms with E-state index in [2.05, 4.69) is 57.8 Å². The molecule has 6 nitrogen and oxygen atoms in total. The van der Waals surface area contributed by atoms with Crippen molar-refractivity contribution in [3.05, 3.63) is 36.8 Å². The first-order valence-electron chi connectivity index (χ1n) is 5.09. The Morgan fingerprint density at radius 2 is 1.95 bits per heavy atom.